The van der Waals surface area contributed by atoms with Gasteiger partial charge in [-0.05, 0) is 46.8 Å². The first-order valence-electron chi connectivity index (χ1n) is 7.09. The molecule has 0 N–H and O–H groups in total. The van der Waals surface area contributed by atoms with Crippen molar-refractivity contribution in [1.29, 1.82) is 0 Å². The first kappa shape index (κ1) is 14.4. The molecule has 2 atom stereocenters. The number of nitrogens with zero attached hydrogens (tertiary/aromatic N) is 3. The minimum atomic E-state index is -0.0456. The molecule has 0 aliphatic carbocycles. The molecule has 1 fully saturated rings. The average molecular weight is 352 g/mol. The van der Waals surface area contributed by atoms with Crippen molar-refractivity contribution in [2.75, 3.05) is 6.54 Å². The fourth-order valence-electron chi connectivity index (χ4n) is 2.88. The minimum Gasteiger partial charge on any atom is -0.467 e. The summed E-state index contributed by atoms with van der Waals surface area (Å²) >= 11 is 3.41. The number of rotatable bonds is 2. The topological polar surface area (TPSA) is 51.3 Å². The zero-order chi connectivity index (χ0) is 15.0. The molecular formula is C15H18BrN3O2. The highest BCUT2D eigenvalue weighted by Crippen LogP contribution is 2.35. The Morgan fingerprint density at radius 2 is 2.33 bits per heavy atom. The van der Waals surface area contributed by atoms with Gasteiger partial charge in [0.1, 0.15) is 5.76 Å². The predicted molar refractivity (Wildman–Crippen MR) is 81.8 cm³/mol. The molecule has 1 aliphatic heterocycles. The lowest BCUT2D eigenvalue weighted by atomic mass is 9.91. The summed E-state index contributed by atoms with van der Waals surface area (Å²) in [5.74, 6) is 1.38. The normalized spacial score (nSPS) is 22.5. The van der Waals surface area contributed by atoms with Crippen LogP contribution in [0, 0.1) is 5.92 Å². The van der Waals surface area contributed by atoms with Crippen LogP contribution in [0.1, 0.15) is 42.1 Å². The van der Waals surface area contributed by atoms with Gasteiger partial charge in [-0.15, -0.1) is 0 Å². The quantitative estimate of drug-likeness (QED) is 0.833. The Kier molecular flexibility index (Phi) is 3.89. The Bertz CT molecular complexity index is 635. The highest BCUT2D eigenvalue weighted by atomic mass is 79.9. The maximum absolute atomic E-state index is 12.8. The number of aromatic nitrogens is 2. The van der Waals surface area contributed by atoms with Crippen molar-refractivity contribution in [2.24, 2.45) is 13.0 Å². The molecule has 2 aromatic heterocycles. The van der Waals surface area contributed by atoms with Gasteiger partial charge in [0.25, 0.3) is 5.91 Å². The van der Waals surface area contributed by atoms with Crippen LogP contribution >= 0.6 is 15.9 Å². The first-order valence-corrected chi connectivity index (χ1v) is 7.89. The summed E-state index contributed by atoms with van der Waals surface area (Å²) in [7, 11) is 1.81. The van der Waals surface area contributed by atoms with Gasteiger partial charge < -0.3 is 9.32 Å². The highest BCUT2D eigenvalue weighted by molar-refractivity contribution is 9.10. The summed E-state index contributed by atoms with van der Waals surface area (Å²) < 4.78 is 7.91. The van der Waals surface area contributed by atoms with E-state index in [1.807, 2.05) is 24.1 Å². The third-order valence-electron chi connectivity index (χ3n) is 3.98. The van der Waals surface area contributed by atoms with E-state index in [2.05, 4.69) is 28.0 Å². The molecule has 112 valence electrons. The summed E-state index contributed by atoms with van der Waals surface area (Å²) in [4.78, 5) is 14.7. The van der Waals surface area contributed by atoms with Crippen molar-refractivity contribution < 1.29 is 9.21 Å². The molecule has 2 aromatic rings. The average Bonchev–Trinajstić information content (AvgIpc) is 3.07. The van der Waals surface area contributed by atoms with Gasteiger partial charge in [0.15, 0.2) is 5.69 Å². The van der Waals surface area contributed by atoms with Gasteiger partial charge in [-0.2, -0.15) is 5.10 Å². The molecule has 0 saturated carbocycles. The number of likely N-dealkylation sites (tertiary alicyclic amines) is 1. The van der Waals surface area contributed by atoms with Gasteiger partial charge in [-0.3, -0.25) is 9.48 Å². The smallest absolute Gasteiger partial charge is 0.276 e. The molecule has 21 heavy (non-hydrogen) atoms. The zero-order valence-corrected chi connectivity index (χ0v) is 13.7. The number of piperidine rings is 1. The summed E-state index contributed by atoms with van der Waals surface area (Å²) in [6.07, 6.45) is 5.38. The number of hydrogen-bond acceptors (Lipinski definition) is 3. The monoisotopic (exact) mass is 351 g/mol. The van der Waals surface area contributed by atoms with Crippen LogP contribution in [0.25, 0.3) is 0 Å². The van der Waals surface area contributed by atoms with E-state index in [0.29, 0.717) is 11.6 Å². The fourth-order valence-corrected chi connectivity index (χ4v) is 3.42. The van der Waals surface area contributed by atoms with E-state index in [1.165, 1.54) is 0 Å². The molecule has 3 rings (SSSR count). The maximum atomic E-state index is 12.8. The lowest BCUT2D eigenvalue weighted by Gasteiger charge is -2.37. The van der Waals surface area contributed by atoms with Crippen LogP contribution < -0.4 is 0 Å². The van der Waals surface area contributed by atoms with E-state index in [0.717, 1.165) is 29.6 Å². The SMILES string of the molecule is CC1CCN(C(=O)c2nn(C)cc2Br)C(c2ccco2)C1. The summed E-state index contributed by atoms with van der Waals surface area (Å²) in [5.41, 5.74) is 0.462. The van der Waals surface area contributed by atoms with Crippen molar-refractivity contribution in [1.82, 2.24) is 14.7 Å². The second kappa shape index (κ2) is 5.67. The Morgan fingerprint density at radius 3 is 2.95 bits per heavy atom. The molecule has 1 aliphatic rings. The van der Waals surface area contributed by atoms with Crippen LogP contribution in [-0.2, 0) is 7.05 Å². The van der Waals surface area contributed by atoms with Crippen molar-refractivity contribution in [2.45, 2.75) is 25.8 Å². The van der Waals surface area contributed by atoms with E-state index in [1.54, 1.807) is 17.1 Å². The van der Waals surface area contributed by atoms with Crippen molar-refractivity contribution in [3.63, 3.8) is 0 Å². The summed E-state index contributed by atoms with van der Waals surface area (Å²) in [6.45, 7) is 2.95. The molecule has 1 saturated heterocycles. The van der Waals surface area contributed by atoms with E-state index >= 15 is 0 Å². The van der Waals surface area contributed by atoms with Gasteiger partial charge in [-0.25, -0.2) is 0 Å². The van der Waals surface area contributed by atoms with E-state index < -0.39 is 0 Å². The molecule has 1 amide bonds. The van der Waals surface area contributed by atoms with Gasteiger partial charge >= 0.3 is 0 Å². The zero-order valence-electron chi connectivity index (χ0n) is 12.1. The summed E-state index contributed by atoms with van der Waals surface area (Å²) in [5, 5.41) is 4.27. The Morgan fingerprint density at radius 1 is 1.52 bits per heavy atom. The second-order valence-corrected chi connectivity index (χ2v) is 6.51. The second-order valence-electron chi connectivity index (χ2n) is 5.66. The molecule has 5 nitrogen and oxygen atoms in total. The minimum absolute atomic E-state index is 0.00911. The number of carbonyl (C=O) groups is 1. The van der Waals surface area contributed by atoms with Crippen LogP contribution in [0.3, 0.4) is 0 Å². The van der Waals surface area contributed by atoms with Gasteiger partial charge in [0.05, 0.1) is 16.8 Å². The standard InChI is InChI=1S/C15H18BrN3O2/c1-10-5-6-19(12(8-10)13-4-3-7-21-13)15(20)14-11(16)9-18(2)17-14/h3-4,7,9-10,12H,5-6,8H2,1-2H3. The first-order chi connectivity index (χ1) is 10.1. The molecule has 3 heterocycles. The van der Waals surface area contributed by atoms with E-state index in [4.69, 9.17) is 4.42 Å². The van der Waals surface area contributed by atoms with Crippen LogP contribution in [0.15, 0.2) is 33.5 Å². The predicted octanol–water partition coefficient (Wildman–Crippen LogP) is 3.39. The van der Waals surface area contributed by atoms with E-state index in [9.17, 15) is 4.79 Å². The van der Waals surface area contributed by atoms with Gasteiger partial charge in [-0.1, -0.05) is 6.92 Å². The highest BCUT2D eigenvalue weighted by Gasteiger charge is 2.34. The Labute approximate surface area is 132 Å². The van der Waals surface area contributed by atoms with E-state index in [-0.39, 0.29) is 11.9 Å². The molecule has 6 heteroatoms. The summed E-state index contributed by atoms with van der Waals surface area (Å²) in [6, 6.07) is 3.80. The molecule has 2 unspecified atom stereocenters. The van der Waals surface area contributed by atoms with Gasteiger partial charge in [0.2, 0.25) is 0 Å². The van der Waals surface area contributed by atoms with Crippen LogP contribution in [-0.4, -0.2) is 27.1 Å². The van der Waals surface area contributed by atoms with Gasteiger partial charge in [0, 0.05) is 19.8 Å². The van der Waals surface area contributed by atoms with Crippen molar-refractivity contribution in [3.8, 4) is 0 Å². The third-order valence-corrected chi connectivity index (χ3v) is 4.56. The number of amides is 1. The number of hydrogen-bond donors (Lipinski definition) is 0. The fraction of sp³-hybridized carbons (Fsp3) is 0.467. The Hall–Kier alpha value is -1.56. The van der Waals surface area contributed by atoms with Crippen molar-refractivity contribution in [3.05, 3.63) is 40.5 Å². The largest absolute Gasteiger partial charge is 0.467 e. The maximum Gasteiger partial charge on any atom is 0.276 e. The molecule has 0 spiro atoms. The third kappa shape index (κ3) is 2.77. The number of aryl methyl sites for hydroxylation is 1. The molecule has 0 bridgehead atoms. The van der Waals surface area contributed by atoms with Crippen molar-refractivity contribution >= 4 is 21.8 Å². The van der Waals surface area contributed by atoms with Crippen LogP contribution in [0.4, 0.5) is 0 Å². The number of halogens is 1. The molecular weight excluding hydrogens is 334 g/mol. The van der Waals surface area contributed by atoms with Crippen LogP contribution in [0.2, 0.25) is 0 Å². The Balaban J connectivity index is 1.91. The molecule has 0 aromatic carbocycles. The lowest BCUT2D eigenvalue weighted by Crippen LogP contribution is -2.40. The number of furan rings is 1. The molecule has 0 radical (unpaired) electrons. The number of carbonyl (C=O) groups excluding carboxylic acids is 1. The van der Waals surface area contributed by atoms with Crippen LogP contribution in [0.5, 0.6) is 0 Å². The lowest BCUT2D eigenvalue weighted by molar-refractivity contribution is 0.0513.